The second kappa shape index (κ2) is 4.44. The van der Waals surface area contributed by atoms with Gasteiger partial charge < -0.3 is 14.5 Å². The van der Waals surface area contributed by atoms with Gasteiger partial charge in [-0.05, 0) is 13.0 Å². The maximum Gasteiger partial charge on any atom is 0.371 e. The fourth-order valence-electron chi connectivity index (χ4n) is 1.24. The molecule has 2 aromatic heterocycles. The molecule has 2 aromatic rings. The normalized spacial score (nSPS) is 10.6. The summed E-state index contributed by atoms with van der Waals surface area (Å²) >= 11 is 1.50. The van der Waals surface area contributed by atoms with Crippen molar-refractivity contribution in [2.45, 2.75) is 17.8 Å². The first-order chi connectivity index (χ1) is 7.66. The van der Waals surface area contributed by atoms with Crippen molar-refractivity contribution in [1.82, 2.24) is 9.97 Å². The van der Waals surface area contributed by atoms with Crippen LogP contribution >= 0.6 is 11.8 Å². The lowest BCUT2D eigenvalue weighted by Crippen LogP contribution is -1.91. The zero-order chi connectivity index (χ0) is 11.5. The van der Waals surface area contributed by atoms with Crippen LogP contribution in [0.1, 0.15) is 21.9 Å². The molecule has 0 atom stereocenters. The Morgan fingerprint density at radius 2 is 2.50 bits per heavy atom. The topological polar surface area (TPSA) is 79.1 Å². The van der Waals surface area contributed by atoms with E-state index in [1.54, 1.807) is 25.4 Å². The first-order valence-corrected chi connectivity index (χ1v) is 5.60. The standard InChI is InChI=1S/C10H10N2O3S/c1-6-7(4-8(15-6)9(13)14)5-16-10-11-2-3-12-10/h2-4H,5H2,1H3,(H,11,12)(H,13,14). The molecule has 84 valence electrons. The molecule has 0 spiro atoms. The first-order valence-electron chi connectivity index (χ1n) is 4.61. The van der Waals surface area contributed by atoms with Gasteiger partial charge in [0.05, 0.1) is 0 Å². The Balaban J connectivity index is 2.07. The van der Waals surface area contributed by atoms with E-state index in [0.717, 1.165) is 10.7 Å². The number of aromatic carboxylic acids is 1. The minimum Gasteiger partial charge on any atom is -0.475 e. The Kier molecular flexibility index (Phi) is 3.00. The molecular formula is C10H10N2O3S. The number of carboxylic acid groups (broad SMARTS) is 1. The van der Waals surface area contributed by atoms with Gasteiger partial charge in [0, 0.05) is 23.7 Å². The van der Waals surface area contributed by atoms with Gasteiger partial charge in [0.15, 0.2) is 5.16 Å². The Morgan fingerprint density at radius 3 is 3.06 bits per heavy atom. The molecule has 2 N–H and O–H groups in total. The van der Waals surface area contributed by atoms with E-state index in [1.165, 1.54) is 11.8 Å². The number of nitrogens with zero attached hydrogens (tertiary/aromatic N) is 1. The van der Waals surface area contributed by atoms with Crippen molar-refractivity contribution in [2.24, 2.45) is 0 Å². The van der Waals surface area contributed by atoms with Crippen LogP contribution < -0.4 is 0 Å². The third-order valence-corrected chi connectivity index (χ3v) is 3.02. The summed E-state index contributed by atoms with van der Waals surface area (Å²) in [6.07, 6.45) is 3.42. The third kappa shape index (κ3) is 2.27. The van der Waals surface area contributed by atoms with E-state index in [-0.39, 0.29) is 5.76 Å². The number of thioether (sulfide) groups is 1. The molecule has 0 aliphatic heterocycles. The van der Waals surface area contributed by atoms with E-state index in [0.29, 0.717) is 11.5 Å². The van der Waals surface area contributed by atoms with Crippen molar-refractivity contribution >= 4 is 17.7 Å². The molecule has 0 aliphatic carbocycles. The number of nitrogens with one attached hydrogen (secondary N) is 1. The molecule has 0 fully saturated rings. The lowest BCUT2D eigenvalue weighted by molar-refractivity contribution is 0.0661. The van der Waals surface area contributed by atoms with Gasteiger partial charge in [-0.2, -0.15) is 0 Å². The highest BCUT2D eigenvalue weighted by atomic mass is 32.2. The number of aryl methyl sites for hydroxylation is 1. The number of H-pyrrole nitrogens is 1. The van der Waals surface area contributed by atoms with E-state index < -0.39 is 5.97 Å². The Labute approximate surface area is 95.9 Å². The van der Waals surface area contributed by atoms with Crippen LogP contribution in [0.4, 0.5) is 0 Å². The molecule has 16 heavy (non-hydrogen) atoms. The van der Waals surface area contributed by atoms with Crippen LogP contribution in [0.5, 0.6) is 0 Å². The first kappa shape index (κ1) is 10.8. The smallest absolute Gasteiger partial charge is 0.371 e. The second-order valence-corrected chi connectivity index (χ2v) is 4.14. The minimum absolute atomic E-state index is 0.0208. The molecule has 0 bridgehead atoms. The van der Waals surface area contributed by atoms with Crippen molar-refractivity contribution < 1.29 is 14.3 Å². The summed E-state index contributed by atoms with van der Waals surface area (Å²) < 4.78 is 5.10. The van der Waals surface area contributed by atoms with Crippen LogP contribution in [0.3, 0.4) is 0 Å². The maximum atomic E-state index is 10.7. The summed E-state index contributed by atoms with van der Waals surface area (Å²) in [6, 6.07) is 1.55. The number of imidazole rings is 1. The Hall–Kier alpha value is -1.69. The van der Waals surface area contributed by atoms with Gasteiger partial charge in [0.25, 0.3) is 0 Å². The molecule has 0 aliphatic rings. The molecule has 2 heterocycles. The van der Waals surface area contributed by atoms with E-state index >= 15 is 0 Å². The second-order valence-electron chi connectivity index (χ2n) is 3.18. The van der Waals surface area contributed by atoms with Crippen LogP contribution in [0.2, 0.25) is 0 Å². The number of carboxylic acids is 1. The fourth-order valence-corrected chi connectivity index (χ4v) is 2.11. The van der Waals surface area contributed by atoms with E-state index in [2.05, 4.69) is 9.97 Å². The van der Waals surface area contributed by atoms with Gasteiger partial charge in [0.1, 0.15) is 5.76 Å². The predicted molar refractivity (Wildman–Crippen MR) is 58.6 cm³/mol. The maximum absolute atomic E-state index is 10.7. The van der Waals surface area contributed by atoms with Crippen LogP contribution in [-0.4, -0.2) is 21.0 Å². The lowest BCUT2D eigenvalue weighted by atomic mass is 10.3. The quantitative estimate of drug-likeness (QED) is 0.799. The van der Waals surface area contributed by atoms with Crippen molar-refractivity contribution in [3.05, 3.63) is 35.5 Å². The molecule has 0 aromatic carbocycles. The van der Waals surface area contributed by atoms with Crippen molar-refractivity contribution in [3.8, 4) is 0 Å². The summed E-state index contributed by atoms with van der Waals surface area (Å²) in [5.41, 5.74) is 0.874. The highest BCUT2D eigenvalue weighted by Crippen LogP contribution is 2.23. The van der Waals surface area contributed by atoms with Crippen molar-refractivity contribution in [1.29, 1.82) is 0 Å². The fraction of sp³-hybridized carbons (Fsp3) is 0.200. The molecule has 0 saturated carbocycles. The van der Waals surface area contributed by atoms with Gasteiger partial charge in [-0.3, -0.25) is 0 Å². The van der Waals surface area contributed by atoms with Gasteiger partial charge in [-0.1, -0.05) is 11.8 Å². The molecule has 0 amide bonds. The van der Waals surface area contributed by atoms with Gasteiger partial charge >= 0.3 is 5.97 Å². The highest BCUT2D eigenvalue weighted by Gasteiger charge is 2.13. The predicted octanol–water partition coefficient (Wildman–Crippen LogP) is 2.30. The zero-order valence-corrected chi connectivity index (χ0v) is 9.37. The van der Waals surface area contributed by atoms with Crippen LogP contribution in [-0.2, 0) is 5.75 Å². The monoisotopic (exact) mass is 238 g/mol. The van der Waals surface area contributed by atoms with E-state index in [1.807, 2.05) is 0 Å². The van der Waals surface area contributed by atoms with Gasteiger partial charge in [-0.25, -0.2) is 9.78 Å². The number of carbonyl (C=O) groups is 1. The summed E-state index contributed by atoms with van der Waals surface area (Å²) in [4.78, 5) is 17.7. The minimum atomic E-state index is -1.04. The molecule has 2 rings (SSSR count). The number of hydrogen-bond donors (Lipinski definition) is 2. The Morgan fingerprint density at radius 1 is 1.69 bits per heavy atom. The van der Waals surface area contributed by atoms with Gasteiger partial charge in [-0.15, -0.1) is 0 Å². The third-order valence-electron chi connectivity index (χ3n) is 2.07. The lowest BCUT2D eigenvalue weighted by Gasteiger charge is -1.95. The number of aromatic amines is 1. The van der Waals surface area contributed by atoms with Crippen LogP contribution in [0.15, 0.2) is 28.0 Å². The van der Waals surface area contributed by atoms with Crippen LogP contribution in [0.25, 0.3) is 0 Å². The van der Waals surface area contributed by atoms with Crippen LogP contribution in [0, 0.1) is 6.92 Å². The summed E-state index contributed by atoms with van der Waals surface area (Å²) in [6.45, 7) is 1.75. The van der Waals surface area contributed by atoms with Crippen molar-refractivity contribution in [3.63, 3.8) is 0 Å². The van der Waals surface area contributed by atoms with E-state index in [4.69, 9.17) is 9.52 Å². The average molecular weight is 238 g/mol. The number of hydrogen-bond acceptors (Lipinski definition) is 4. The van der Waals surface area contributed by atoms with Crippen molar-refractivity contribution in [2.75, 3.05) is 0 Å². The SMILES string of the molecule is Cc1oc(C(=O)O)cc1CSc1ncc[nH]1. The number of rotatable bonds is 4. The Bertz CT molecular complexity index is 490. The highest BCUT2D eigenvalue weighted by molar-refractivity contribution is 7.98. The molecule has 0 unspecified atom stereocenters. The number of aromatic nitrogens is 2. The molecule has 6 heteroatoms. The molecule has 5 nitrogen and oxygen atoms in total. The summed E-state index contributed by atoms with van der Waals surface area (Å²) in [5.74, 6) is 0.206. The molecule has 0 saturated heterocycles. The largest absolute Gasteiger partial charge is 0.475 e. The number of furan rings is 1. The zero-order valence-electron chi connectivity index (χ0n) is 8.56. The van der Waals surface area contributed by atoms with Gasteiger partial charge in [0.2, 0.25) is 5.76 Å². The summed E-state index contributed by atoms with van der Waals surface area (Å²) in [7, 11) is 0. The summed E-state index contributed by atoms with van der Waals surface area (Å²) in [5, 5.41) is 9.56. The molecule has 0 radical (unpaired) electrons. The van der Waals surface area contributed by atoms with E-state index in [9.17, 15) is 4.79 Å². The average Bonchev–Trinajstić information content (AvgIpc) is 2.84. The molecular weight excluding hydrogens is 228 g/mol.